The van der Waals surface area contributed by atoms with E-state index in [1.807, 2.05) is 12.1 Å². The minimum atomic E-state index is -0.563. The maximum atomic E-state index is 13.0. The van der Waals surface area contributed by atoms with Crippen LogP contribution in [0.25, 0.3) is 0 Å². The average molecular weight is 412 g/mol. The molecule has 30 heavy (non-hydrogen) atoms. The third-order valence-electron chi connectivity index (χ3n) is 6.59. The molecule has 3 fully saturated rings. The van der Waals surface area contributed by atoms with Gasteiger partial charge in [0, 0.05) is 44.7 Å². The molecular formula is C22H28N4O4. The molecule has 4 aliphatic rings. The Morgan fingerprint density at radius 1 is 1.10 bits per heavy atom. The van der Waals surface area contributed by atoms with E-state index in [4.69, 9.17) is 4.74 Å². The van der Waals surface area contributed by atoms with E-state index in [0.717, 1.165) is 56.7 Å². The lowest BCUT2D eigenvalue weighted by molar-refractivity contribution is -0.136. The summed E-state index contributed by atoms with van der Waals surface area (Å²) in [6.45, 7) is 5.08. The zero-order valence-electron chi connectivity index (χ0n) is 17.1. The summed E-state index contributed by atoms with van der Waals surface area (Å²) in [5.41, 5.74) is 2.74. The number of likely N-dealkylation sites (tertiary alicyclic amines) is 1. The second-order valence-corrected chi connectivity index (χ2v) is 8.81. The maximum Gasteiger partial charge on any atom is 0.255 e. The van der Waals surface area contributed by atoms with Crippen molar-refractivity contribution >= 4 is 17.7 Å². The Kier molecular flexibility index (Phi) is 5.30. The number of hydrogen-bond donors (Lipinski definition) is 2. The smallest absolute Gasteiger partial charge is 0.255 e. The van der Waals surface area contributed by atoms with Crippen molar-refractivity contribution in [3.63, 3.8) is 0 Å². The van der Waals surface area contributed by atoms with Crippen LogP contribution < -0.4 is 10.6 Å². The molecule has 8 nitrogen and oxygen atoms in total. The highest BCUT2D eigenvalue weighted by Gasteiger charge is 2.39. The molecule has 0 aromatic heterocycles. The molecule has 0 radical (unpaired) electrons. The number of imide groups is 1. The van der Waals surface area contributed by atoms with Crippen LogP contribution in [0.3, 0.4) is 0 Å². The number of hydrogen-bond acceptors (Lipinski definition) is 6. The lowest BCUT2D eigenvalue weighted by atomic mass is 10.0. The molecule has 1 aromatic rings. The Morgan fingerprint density at radius 2 is 1.97 bits per heavy atom. The van der Waals surface area contributed by atoms with Gasteiger partial charge in [0.25, 0.3) is 5.91 Å². The van der Waals surface area contributed by atoms with Crippen LogP contribution in [-0.2, 0) is 27.4 Å². The van der Waals surface area contributed by atoms with Crippen molar-refractivity contribution in [1.82, 2.24) is 20.4 Å². The van der Waals surface area contributed by atoms with Gasteiger partial charge in [-0.2, -0.15) is 0 Å². The summed E-state index contributed by atoms with van der Waals surface area (Å²) in [5.74, 6) is -0.743. The SMILES string of the molecule is O=C1CCC(N2Cc3ccc(CN4CCCC(OC5CNC5)C4)cc3C2=O)C(=O)N1. The molecule has 5 rings (SSSR count). The van der Waals surface area contributed by atoms with Gasteiger partial charge >= 0.3 is 0 Å². The molecular weight excluding hydrogens is 384 g/mol. The number of carbonyl (C=O) groups is 3. The van der Waals surface area contributed by atoms with Crippen LogP contribution >= 0.6 is 0 Å². The van der Waals surface area contributed by atoms with E-state index in [1.165, 1.54) is 0 Å². The topological polar surface area (TPSA) is 91.0 Å². The fourth-order valence-corrected chi connectivity index (χ4v) is 4.86. The van der Waals surface area contributed by atoms with E-state index in [2.05, 4.69) is 21.6 Å². The van der Waals surface area contributed by atoms with Gasteiger partial charge in [-0.1, -0.05) is 12.1 Å². The van der Waals surface area contributed by atoms with Crippen molar-refractivity contribution in [2.24, 2.45) is 0 Å². The molecule has 1 aromatic carbocycles. The molecule has 2 atom stereocenters. The van der Waals surface area contributed by atoms with E-state index >= 15 is 0 Å². The highest BCUT2D eigenvalue weighted by atomic mass is 16.5. The maximum absolute atomic E-state index is 13.0. The minimum Gasteiger partial charge on any atom is -0.371 e. The number of piperidine rings is 2. The number of rotatable bonds is 5. The zero-order chi connectivity index (χ0) is 20.7. The summed E-state index contributed by atoms with van der Waals surface area (Å²) >= 11 is 0. The number of nitrogens with zero attached hydrogens (tertiary/aromatic N) is 2. The molecule has 4 aliphatic heterocycles. The van der Waals surface area contributed by atoms with Crippen LogP contribution in [-0.4, -0.2) is 72.0 Å². The quantitative estimate of drug-likeness (QED) is 0.681. The van der Waals surface area contributed by atoms with E-state index < -0.39 is 6.04 Å². The van der Waals surface area contributed by atoms with Gasteiger partial charge in [0.1, 0.15) is 6.04 Å². The monoisotopic (exact) mass is 412 g/mol. The minimum absolute atomic E-state index is 0.112. The van der Waals surface area contributed by atoms with Crippen LogP contribution in [0.15, 0.2) is 18.2 Å². The lowest BCUT2D eigenvalue weighted by Gasteiger charge is -2.37. The number of nitrogens with one attached hydrogen (secondary N) is 2. The molecule has 0 bridgehead atoms. The lowest BCUT2D eigenvalue weighted by Crippen LogP contribution is -2.52. The normalized spacial score (nSPS) is 27.7. The number of ether oxygens (including phenoxy) is 1. The Hall–Kier alpha value is -2.29. The first-order valence-electron chi connectivity index (χ1n) is 10.9. The van der Waals surface area contributed by atoms with Gasteiger partial charge < -0.3 is 15.0 Å². The van der Waals surface area contributed by atoms with E-state index in [9.17, 15) is 14.4 Å². The number of carbonyl (C=O) groups excluding carboxylic acids is 3. The molecule has 3 saturated heterocycles. The Labute approximate surface area is 175 Å². The predicted octanol–water partition coefficient (Wildman–Crippen LogP) is 0.400. The third kappa shape index (κ3) is 3.87. The molecule has 3 amide bonds. The first-order valence-corrected chi connectivity index (χ1v) is 10.9. The predicted molar refractivity (Wildman–Crippen MR) is 109 cm³/mol. The van der Waals surface area contributed by atoms with Crippen molar-refractivity contribution in [3.8, 4) is 0 Å². The molecule has 2 N–H and O–H groups in total. The second-order valence-electron chi connectivity index (χ2n) is 8.81. The molecule has 160 valence electrons. The van der Waals surface area contributed by atoms with Crippen molar-refractivity contribution in [1.29, 1.82) is 0 Å². The highest BCUT2D eigenvalue weighted by Crippen LogP contribution is 2.29. The summed E-state index contributed by atoms with van der Waals surface area (Å²) in [6, 6.07) is 5.50. The Morgan fingerprint density at radius 3 is 2.73 bits per heavy atom. The van der Waals surface area contributed by atoms with E-state index in [1.54, 1.807) is 4.90 Å². The first kappa shape index (κ1) is 19.7. The van der Waals surface area contributed by atoms with Crippen molar-refractivity contribution in [2.75, 3.05) is 26.2 Å². The van der Waals surface area contributed by atoms with Gasteiger partial charge in [-0.05, 0) is 43.0 Å². The van der Waals surface area contributed by atoms with Crippen LogP contribution in [0.2, 0.25) is 0 Å². The third-order valence-corrected chi connectivity index (χ3v) is 6.59. The van der Waals surface area contributed by atoms with E-state index in [0.29, 0.717) is 24.6 Å². The number of fused-ring (bicyclic) bond motifs is 1. The summed E-state index contributed by atoms with van der Waals surface area (Å²) in [7, 11) is 0. The largest absolute Gasteiger partial charge is 0.371 e. The summed E-state index contributed by atoms with van der Waals surface area (Å²) in [4.78, 5) is 40.6. The number of benzene rings is 1. The fourth-order valence-electron chi connectivity index (χ4n) is 4.86. The van der Waals surface area contributed by atoms with E-state index in [-0.39, 0.29) is 30.2 Å². The fraction of sp³-hybridized carbons (Fsp3) is 0.591. The number of amides is 3. The van der Waals surface area contributed by atoms with Crippen molar-refractivity contribution in [2.45, 2.75) is 57.0 Å². The van der Waals surface area contributed by atoms with Crippen LogP contribution in [0.1, 0.15) is 47.2 Å². The standard InChI is InChI=1S/C22H28N4O4/c27-20-6-5-19(21(28)24-20)26-12-15-4-3-14(8-18(15)22(26)29)11-25-7-1-2-16(13-25)30-17-9-23-10-17/h3-4,8,16-17,19,23H,1-2,5-7,9-13H2,(H,24,27,28). The molecule has 8 heteroatoms. The van der Waals surface area contributed by atoms with Crippen LogP contribution in [0.5, 0.6) is 0 Å². The van der Waals surface area contributed by atoms with Crippen molar-refractivity contribution < 1.29 is 19.1 Å². The van der Waals surface area contributed by atoms with Gasteiger partial charge in [-0.3, -0.25) is 24.6 Å². The highest BCUT2D eigenvalue weighted by molar-refractivity contribution is 6.05. The van der Waals surface area contributed by atoms with Crippen molar-refractivity contribution in [3.05, 3.63) is 34.9 Å². The van der Waals surface area contributed by atoms with Gasteiger partial charge in [0.15, 0.2) is 0 Å². The molecule has 0 saturated carbocycles. The molecule has 4 heterocycles. The van der Waals surface area contributed by atoms with Gasteiger partial charge in [-0.15, -0.1) is 0 Å². The van der Waals surface area contributed by atoms with Crippen LogP contribution in [0.4, 0.5) is 0 Å². The molecule has 0 aliphatic carbocycles. The Bertz CT molecular complexity index is 869. The molecule has 2 unspecified atom stereocenters. The van der Waals surface area contributed by atoms with Gasteiger partial charge in [0.2, 0.25) is 11.8 Å². The average Bonchev–Trinajstić information content (AvgIpc) is 3.01. The Balaban J connectivity index is 1.23. The summed E-state index contributed by atoms with van der Waals surface area (Å²) < 4.78 is 6.16. The molecule has 0 spiro atoms. The zero-order valence-corrected chi connectivity index (χ0v) is 17.1. The van der Waals surface area contributed by atoms with Gasteiger partial charge in [0.05, 0.1) is 12.2 Å². The first-order chi connectivity index (χ1) is 14.6. The second kappa shape index (κ2) is 8.09. The summed E-state index contributed by atoms with van der Waals surface area (Å²) in [5, 5.41) is 5.60. The van der Waals surface area contributed by atoms with Crippen LogP contribution in [0, 0.1) is 0 Å². The van der Waals surface area contributed by atoms with Gasteiger partial charge in [-0.25, -0.2) is 0 Å². The summed E-state index contributed by atoms with van der Waals surface area (Å²) in [6.07, 6.45) is 3.53.